The molecule has 0 amide bonds. The number of aliphatic hydroxyl groups is 4. The maximum atomic E-state index is 10.8. The van der Waals surface area contributed by atoms with Gasteiger partial charge in [-0.1, -0.05) is 44.9 Å². The van der Waals surface area contributed by atoms with E-state index in [0.29, 0.717) is 36.5 Å². The van der Waals surface area contributed by atoms with E-state index in [2.05, 4.69) is 32.1 Å². The minimum atomic E-state index is -0.638. The van der Waals surface area contributed by atoms with Crippen LogP contribution in [0.3, 0.4) is 0 Å². The van der Waals surface area contributed by atoms with Gasteiger partial charge in [0.05, 0.1) is 17.8 Å². The van der Waals surface area contributed by atoms with Gasteiger partial charge in [0.25, 0.3) is 0 Å². The van der Waals surface area contributed by atoms with Gasteiger partial charge in [-0.3, -0.25) is 0 Å². The average Bonchev–Trinajstić information content (AvgIpc) is 3.12. The summed E-state index contributed by atoms with van der Waals surface area (Å²) in [6.07, 6.45) is 15.5. The molecule has 0 saturated heterocycles. The van der Waals surface area contributed by atoms with Crippen molar-refractivity contribution in [3.63, 3.8) is 0 Å². The quantitative estimate of drug-likeness (QED) is 0.327. The smallest absolute Gasteiger partial charge is 0.0806 e. The van der Waals surface area contributed by atoms with E-state index in [4.69, 9.17) is 5.11 Å². The van der Waals surface area contributed by atoms with Gasteiger partial charge < -0.3 is 20.4 Å². The molecule has 0 bridgehead atoms. The molecule has 0 radical (unpaired) electrons. The van der Waals surface area contributed by atoms with Crippen LogP contribution in [0.4, 0.5) is 0 Å². The first kappa shape index (κ1) is 27.6. The molecule has 4 heteroatoms. The molecule has 0 aromatic carbocycles. The lowest BCUT2D eigenvalue weighted by Gasteiger charge is -2.43. The second kappa shape index (κ2) is 11.4. The molecule has 3 aliphatic rings. The van der Waals surface area contributed by atoms with E-state index < -0.39 is 17.8 Å². The number of rotatable bonds is 10. The van der Waals surface area contributed by atoms with Gasteiger partial charge in [0.1, 0.15) is 0 Å². The van der Waals surface area contributed by atoms with Crippen LogP contribution in [0.5, 0.6) is 0 Å². The number of hydrogen-bond donors (Lipinski definition) is 4. The van der Waals surface area contributed by atoms with Crippen LogP contribution < -0.4 is 0 Å². The highest BCUT2D eigenvalue weighted by atomic mass is 16.3. The Balaban J connectivity index is 1.68. The number of fused-ring (bicyclic) bond motifs is 1. The molecular formula is C30H50O4. The lowest BCUT2D eigenvalue weighted by Crippen LogP contribution is -2.37. The molecule has 4 nitrogen and oxygen atoms in total. The molecule has 1 fully saturated rings. The van der Waals surface area contributed by atoms with Gasteiger partial charge in [-0.05, 0) is 112 Å². The largest absolute Gasteiger partial charge is 0.396 e. The molecule has 194 valence electrons. The second-order valence-corrected chi connectivity index (χ2v) is 12.5. The van der Waals surface area contributed by atoms with Crippen LogP contribution in [-0.4, -0.2) is 44.8 Å². The van der Waals surface area contributed by atoms with Gasteiger partial charge in [0, 0.05) is 12.5 Å². The Kier molecular flexibility index (Phi) is 9.28. The van der Waals surface area contributed by atoms with Crippen LogP contribution in [0.25, 0.3) is 0 Å². The predicted octanol–water partition coefficient (Wildman–Crippen LogP) is 5.70. The molecule has 0 aromatic heterocycles. The van der Waals surface area contributed by atoms with Gasteiger partial charge in [-0.25, -0.2) is 0 Å². The minimum Gasteiger partial charge on any atom is -0.396 e. The highest BCUT2D eigenvalue weighted by molar-refractivity contribution is 5.37. The van der Waals surface area contributed by atoms with Crippen LogP contribution in [0, 0.1) is 29.1 Å². The SMILES string of the molecule is CC1=C(/C=C\C2=CCC[C@@]3(C)[C@@H]2CC[C@@H]3[C@H](C)CCCC(C)(C)O)C[C@@H](O)[C@H](CCCO)[C@@H]1O. The Labute approximate surface area is 207 Å². The van der Waals surface area contributed by atoms with Crippen molar-refractivity contribution in [2.24, 2.45) is 29.1 Å². The van der Waals surface area contributed by atoms with E-state index in [9.17, 15) is 15.3 Å². The summed E-state index contributed by atoms with van der Waals surface area (Å²) in [6.45, 7) is 10.8. The Morgan fingerprint density at radius 2 is 1.91 bits per heavy atom. The van der Waals surface area contributed by atoms with Crippen LogP contribution in [-0.2, 0) is 0 Å². The van der Waals surface area contributed by atoms with Crippen molar-refractivity contribution < 1.29 is 20.4 Å². The molecule has 0 spiro atoms. The summed E-state index contributed by atoms with van der Waals surface area (Å²) in [6, 6.07) is 0. The molecule has 0 unspecified atom stereocenters. The topological polar surface area (TPSA) is 80.9 Å². The predicted molar refractivity (Wildman–Crippen MR) is 139 cm³/mol. The fraction of sp³-hybridized carbons (Fsp3) is 0.800. The lowest BCUT2D eigenvalue weighted by atomic mass is 9.62. The normalized spacial score (nSPS) is 35.6. The van der Waals surface area contributed by atoms with E-state index in [0.717, 1.165) is 36.3 Å². The summed E-state index contributed by atoms with van der Waals surface area (Å²) >= 11 is 0. The third-order valence-electron chi connectivity index (χ3n) is 9.46. The van der Waals surface area contributed by atoms with Crippen molar-refractivity contribution in [2.75, 3.05) is 6.61 Å². The fourth-order valence-corrected chi connectivity index (χ4v) is 7.37. The van der Waals surface area contributed by atoms with Gasteiger partial charge in [0.2, 0.25) is 0 Å². The van der Waals surface area contributed by atoms with Crippen molar-refractivity contribution in [3.8, 4) is 0 Å². The summed E-state index contributed by atoms with van der Waals surface area (Å²) in [4.78, 5) is 0. The Morgan fingerprint density at radius 3 is 2.59 bits per heavy atom. The Morgan fingerprint density at radius 1 is 1.18 bits per heavy atom. The van der Waals surface area contributed by atoms with Crippen molar-refractivity contribution in [3.05, 3.63) is 34.9 Å². The molecule has 0 heterocycles. The van der Waals surface area contributed by atoms with Crippen LogP contribution in [0.1, 0.15) is 98.8 Å². The highest BCUT2D eigenvalue weighted by Gasteiger charge is 2.49. The van der Waals surface area contributed by atoms with Gasteiger partial charge in [-0.2, -0.15) is 0 Å². The van der Waals surface area contributed by atoms with Gasteiger partial charge in [-0.15, -0.1) is 0 Å². The summed E-state index contributed by atoms with van der Waals surface area (Å²) in [5.74, 6) is 1.79. The highest BCUT2D eigenvalue weighted by Crippen LogP contribution is 2.58. The monoisotopic (exact) mass is 474 g/mol. The van der Waals surface area contributed by atoms with E-state index in [-0.39, 0.29) is 12.5 Å². The fourth-order valence-electron chi connectivity index (χ4n) is 7.37. The maximum absolute atomic E-state index is 10.8. The van der Waals surface area contributed by atoms with Crippen LogP contribution >= 0.6 is 0 Å². The minimum absolute atomic E-state index is 0.0960. The number of hydrogen-bond acceptors (Lipinski definition) is 4. The van der Waals surface area contributed by atoms with E-state index in [1.165, 1.54) is 31.3 Å². The zero-order valence-corrected chi connectivity index (χ0v) is 22.3. The van der Waals surface area contributed by atoms with Crippen molar-refractivity contribution in [2.45, 2.75) is 117 Å². The first-order chi connectivity index (χ1) is 16.0. The molecule has 0 aromatic rings. The van der Waals surface area contributed by atoms with Gasteiger partial charge >= 0.3 is 0 Å². The Bertz CT molecular complexity index is 773. The summed E-state index contributed by atoms with van der Waals surface area (Å²) in [7, 11) is 0. The number of allylic oxidation sites excluding steroid dienone is 4. The van der Waals surface area contributed by atoms with Crippen molar-refractivity contribution in [1.82, 2.24) is 0 Å². The van der Waals surface area contributed by atoms with E-state index >= 15 is 0 Å². The molecule has 7 atom stereocenters. The average molecular weight is 475 g/mol. The standard InChI is InChI=1S/C30H50O4/c1-20(9-6-16-29(3,4)34)25-14-15-26-22(10-7-17-30(25,26)5)12-13-23-19-27(32)24(11-8-18-31)28(33)21(23)2/h10,12-13,20,24-28,31-34H,6-9,11,14-19H2,1-5H3/b13-12-/t20-,24+,25-,26-,27-,28-,30-/m1/s1. The van der Waals surface area contributed by atoms with Crippen LogP contribution in [0.15, 0.2) is 34.9 Å². The van der Waals surface area contributed by atoms with Crippen molar-refractivity contribution >= 4 is 0 Å². The number of aliphatic hydroxyl groups excluding tert-OH is 3. The first-order valence-corrected chi connectivity index (χ1v) is 13.7. The van der Waals surface area contributed by atoms with E-state index in [1.807, 2.05) is 20.8 Å². The van der Waals surface area contributed by atoms with Crippen LogP contribution in [0.2, 0.25) is 0 Å². The molecular weight excluding hydrogens is 424 g/mol. The summed E-state index contributed by atoms with van der Waals surface area (Å²) in [5, 5.41) is 40.7. The molecule has 1 saturated carbocycles. The van der Waals surface area contributed by atoms with E-state index in [1.54, 1.807) is 0 Å². The third-order valence-corrected chi connectivity index (χ3v) is 9.46. The molecule has 4 N–H and O–H groups in total. The first-order valence-electron chi connectivity index (χ1n) is 13.7. The van der Waals surface area contributed by atoms with Gasteiger partial charge in [0.15, 0.2) is 0 Å². The summed E-state index contributed by atoms with van der Waals surface area (Å²) in [5.41, 5.74) is 3.22. The maximum Gasteiger partial charge on any atom is 0.0806 e. The lowest BCUT2D eigenvalue weighted by molar-refractivity contribution is 0.0127. The molecule has 3 rings (SSSR count). The third kappa shape index (κ3) is 6.24. The zero-order chi connectivity index (χ0) is 25.1. The Hall–Kier alpha value is -0.940. The molecule has 3 aliphatic carbocycles. The van der Waals surface area contributed by atoms with Crippen molar-refractivity contribution in [1.29, 1.82) is 0 Å². The zero-order valence-electron chi connectivity index (χ0n) is 22.3. The molecule has 34 heavy (non-hydrogen) atoms. The molecule has 0 aliphatic heterocycles. The second-order valence-electron chi connectivity index (χ2n) is 12.5. The summed E-state index contributed by atoms with van der Waals surface area (Å²) < 4.78 is 0.